The number of H-pyrrole nitrogens is 1. The molecule has 1 rings (SSSR count). The molecule has 92 valence electrons. The molecular weight excluding hydrogens is 224 g/mol. The molecule has 5 nitrogen and oxygen atoms in total. The Bertz CT molecular complexity index is 316. The highest BCUT2D eigenvalue weighted by molar-refractivity contribution is 7.99. The predicted molar refractivity (Wildman–Crippen MR) is 65.3 cm³/mol. The fourth-order valence-corrected chi connectivity index (χ4v) is 2.39. The summed E-state index contributed by atoms with van der Waals surface area (Å²) in [6.07, 6.45) is 0.891. The van der Waals surface area contributed by atoms with Crippen LogP contribution in [0.1, 0.15) is 26.1 Å². The third kappa shape index (κ3) is 4.11. The number of aromatic nitrogens is 3. The largest absolute Gasteiger partial charge is 0.395 e. The first-order valence-corrected chi connectivity index (χ1v) is 6.33. The second kappa shape index (κ2) is 6.22. The molecule has 0 amide bonds. The van der Waals surface area contributed by atoms with Crippen molar-refractivity contribution in [2.75, 3.05) is 6.61 Å². The maximum absolute atomic E-state index is 9.31. The van der Waals surface area contributed by atoms with Crippen LogP contribution in [0.4, 0.5) is 0 Å². The van der Waals surface area contributed by atoms with Gasteiger partial charge in [0.1, 0.15) is 5.82 Å². The smallest absolute Gasteiger partial charge is 0.208 e. The van der Waals surface area contributed by atoms with Crippen molar-refractivity contribution in [1.82, 2.24) is 15.2 Å². The summed E-state index contributed by atoms with van der Waals surface area (Å²) in [6, 6.07) is -0.0335. The van der Waals surface area contributed by atoms with E-state index >= 15 is 0 Å². The summed E-state index contributed by atoms with van der Waals surface area (Å²) in [5.74, 6) is 1.30. The number of nitrogens with one attached hydrogen (secondary N) is 1. The molecule has 6 heteroatoms. The lowest BCUT2D eigenvalue weighted by molar-refractivity contribution is 0.275. The monoisotopic (exact) mass is 244 g/mol. The van der Waals surface area contributed by atoms with Gasteiger partial charge in [-0.25, -0.2) is 4.98 Å². The lowest BCUT2D eigenvalue weighted by Gasteiger charge is -2.21. The molecule has 1 heterocycles. The molecule has 1 aromatic heterocycles. The summed E-state index contributed by atoms with van der Waals surface area (Å²) in [7, 11) is 0. The van der Waals surface area contributed by atoms with Crippen molar-refractivity contribution in [3.05, 3.63) is 5.82 Å². The predicted octanol–water partition coefficient (Wildman–Crippen LogP) is 0.940. The van der Waals surface area contributed by atoms with Crippen molar-refractivity contribution in [2.24, 2.45) is 11.7 Å². The van der Waals surface area contributed by atoms with Crippen LogP contribution in [-0.2, 0) is 0 Å². The number of aliphatic hydroxyl groups is 1. The first-order chi connectivity index (χ1) is 7.52. The minimum absolute atomic E-state index is 0.0335. The fraction of sp³-hybridized carbons (Fsp3) is 0.800. The number of aromatic amines is 1. The minimum Gasteiger partial charge on any atom is -0.395 e. The van der Waals surface area contributed by atoms with Crippen molar-refractivity contribution in [3.63, 3.8) is 0 Å². The number of rotatable bonds is 6. The van der Waals surface area contributed by atoms with Gasteiger partial charge in [0.15, 0.2) is 0 Å². The number of nitrogens with two attached hydrogens (primary N) is 1. The van der Waals surface area contributed by atoms with Gasteiger partial charge in [-0.05, 0) is 19.3 Å². The van der Waals surface area contributed by atoms with E-state index in [1.807, 2.05) is 6.92 Å². The van der Waals surface area contributed by atoms with Crippen LogP contribution < -0.4 is 5.73 Å². The summed E-state index contributed by atoms with van der Waals surface area (Å²) in [6.45, 7) is 6.14. The van der Waals surface area contributed by atoms with E-state index < -0.39 is 0 Å². The lowest BCUT2D eigenvalue weighted by atomic mass is 10.0. The SMILES string of the molecule is Cc1nc(SC(CO)C(N)CC(C)C)n[nH]1. The molecule has 0 fully saturated rings. The summed E-state index contributed by atoms with van der Waals surface area (Å²) in [5.41, 5.74) is 6.04. The van der Waals surface area contributed by atoms with Crippen LogP contribution in [0.15, 0.2) is 5.16 Å². The Hall–Kier alpha value is -0.590. The Kier molecular flexibility index (Phi) is 5.24. The van der Waals surface area contributed by atoms with E-state index in [4.69, 9.17) is 5.73 Å². The Balaban J connectivity index is 2.54. The summed E-state index contributed by atoms with van der Waals surface area (Å²) < 4.78 is 0. The minimum atomic E-state index is -0.0439. The number of aryl methyl sites for hydroxylation is 1. The normalized spacial score (nSPS) is 15.4. The topological polar surface area (TPSA) is 87.8 Å². The highest BCUT2D eigenvalue weighted by atomic mass is 32.2. The molecule has 1 aromatic rings. The molecule has 0 saturated carbocycles. The summed E-state index contributed by atoms with van der Waals surface area (Å²) in [5, 5.41) is 16.7. The maximum atomic E-state index is 9.31. The molecule has 0 spiro atoms. The molecule has 0 radical (unpaired) electrons. The molecule has 0 bridgehead atoms. The van der Waals surface area contributed by atoms with E-state index in [9.17, 15) is 5.11 Å². The fourth-order valence-electron chi connectivity index (χ4n) is 1.47. The molecule has 2 atom stereocenters. The van der Waals surface area contributed by atoms with E-state index in [0.717, 1.165) is 12.2 Å². The highest BCUT2D eigenvalue weighted by Gasteiger charge is 2.21. The van der Waals surface area contributed by atoms with Crippen molar-refractivity contribution < 1.29 is 5.11 Å². The van der Waals surface area contributed by atoms with Crippen LogP contribution in [0.25, 0.3) is 0 Å². The molecule has 16 heavy (non-hydrogen) atoms. The number of aliphatic hydroxyl groups excluding tert-OH is 1. The van der Waals surface area contributed by atoms with Crippen molar-refractivity contribution >= 4 is 11.8 Å². The summed E-state index contributed by atoms with van der Waals surface area (Å²) >= 11 is 1.43. The van der Waals surface area contributed by atoms with E-state index in [1.165, 1.54) is 11.8 Å². The van der Waals surface area contributed by atoms with Gasteiger partial charge in [-0.3, -0.25) is 5.10 Å². The standard InChI is InChI=1S/C10H20N4OS/c1-6(2)4-8(11)9(5-15)16-10-12-7(3)13-14-10/h6,8-9,15H,4-5,11H2,1-3H3,(H,12,13,14). The van der Waals surface area contributed by atoms with Crippen LogP contribution in [0, 0.1) is 12.8 Å². The van der Waals surface area contributed by atoms with Crippen LogP contribution in [0.2, 0.25) is 0 Å². The third-order valence-corrected chi connectivity index (χ3v) is 3.43. The van der Waals surface area contributed by atoms with Gasteiger partial charge in [-0.15, -0.1) is 5.10 Å². The Labute approximate surface area is 100 Å². The van der Waals surface area contributed by atoms with Crippen molar-refractivity contribution in [2.45, 2.75) is 43.6 Å². The van der Waals surface area contributed by atoms with Crippen LogP contribution in [-0.4, -0.2) is 38.2 Å². The first-order valence-electron chi connectivity index (χ1n) is 5.45. The zero-order valence-corrected chi connectivity index (χ0v) is 10.8. The van der Waals surface area contributed by atoms with Gasteiger partial charge in [0.05, 0.1) is 11.9 Å². The average Bonchev–Trinajstić information content (AvgIpc) is 2.59. The molecule has 4 N–H and O–H groups in total. The summed E-state index contributed by atoms with van der Waals surface area (Å²) in [4.78, 5) is 4.19. The van der Waals surface area contributed by atoms with Gasteiger partial charge in [-0.2, -0.15) is 0 Å². The molecule has 0 aliphatic rings. The van der Waals surface area contributed by atoms with Crippen molar-refractivity contribution in [3.8, 4) is 0 Å². The number of hydrogen-bond donors (Lipinski definition) is 3. The van der Waals surface area contributed by atoms with Gasteiger partial charge in [-0.1, -0.05) is 25.6 Å². The van der Waals surface area contributed by atoms with Gasteiger partial charge in [0.2, 0.25) is 5.16 Å². The zero-order valence-electron chi connectivity index (χ0n) is 9.97. The Morgan fingerprint density at radius 2 is 2.19 bits per heavy atom. The second-order valence-corrected chi connectivity index (χ2v) is 5.54. The number of nitrogens with zero attached hydrogens (tertiary/aromatic N) is 2. The lowest BCUT2D eigenvalue weighted by Crippen LogP contribution is -2.36. The molecule has 0 aliphatic carbocycles. The third-order valence-electron chi connectivity index (χ3n) is 2.23. The van der Waals surface area contributed by atoms with E-state index in [-0.39, 0.29) is 17.9 Å². The Morgan fingerprint density at radius 1 is 1.50 bits per heavy atom. The highest BCUT2D eigenvalue weighted by Crippen LogP contribution is 2.23. The van der Waals surface area contributed by atoms with Crippen LogP contribution in [0.5, 0.6) is 0 Å². The van der Waals surface area contributed by atoms with Crippen molar-refractivity contribution in [1.29, 1.82) is 0 Å². The molecule has 2 unspecified atom stereocenters. The van der Waals surface area contributed by atoms with E-state index in [2.05, 4.69) is 29.0 Å². The van der Waals surface area contributed by atoms with Crippen LogP contribution in [0.3, 0.4) is 0 Å². The van der Waals surface area contributed by atoms with Gasteiger partial charge in [0.25, 0.3) is 0 Å². The molecule has 0 saturated heterocycles. The first kappa shape index (κ1) is 13.5. The number of hydrogen-bond acceptors (Lipinski definition) is 5. The molecular formula is C10H20N4OS. The quantitative estimate of drug-likeness (QED) is 0.648. The maximum Gasteiger partial charge on any atom is 0.208 e. The van der Waals surface area contributed by atoms with E-state index in [0.29, 0.717) is 11.1 Å². The second-order valence-electron chi connectivity index (χ2n) is 4.34. The molecule has 0 aliphatic heterocycles. The van der Waals surface area contributed by atoms with E-state index in [1.54, 1.807) is 0 Å². The van der Waals surface area contributed by atoms with Gasteiger partial charge >= 0.3 is 0 Å². The van der Waals surface area contributed by atoms with Gasteiger partial charge < -0.3 is 10.8 Å². The Morgan fingerprint density at radius 3 is 2.62 bits per heavy atom. The average molecular weight is 244 g/mol. The van der Waals surface area contributed by atoms with Crippen LogP contribution >= 0.6 is 11.8 Å². The molecule has 0 aromatic carbocycles. The number of thioether (sulfide) groups is 1. The zero-order chi connectivity index (χ0) is 12.1. The van der Waals surface area contributed by atoms with Gasteiger partial charge in [0, 0.05) is 6.04 Å².